The third kappa shape index (κ3) is 6.08. The fourth-order valence-corrected chi connectivity index (χ4v) is 3.75. The maximum Gasteiger partial charge on any atom is 0.201 e. The highest BCUT2D eigenvalue weighted by Gasteiger charge is 2.12. The summed E-state index contributed by atoms with van der Waals surface area (Å²) in [6.07, 6.45) is 0. The molecule has 0 aromatic heterocycles. The van der Waals surface area contributed by atoms with E-state index in [-0.39, 0.29) is 23.0 Å². The Morgan fingerprint density at radius 1 is 0.500 bits per heavy atom. The number of nitrogens with zero attached hydrogens (tertiary/aromatic N) is 2. The molecule has 10 nitrogen and oxygen atoms in total. The van der Waals surface area contributed by atoms with E-state index < -0.39 is 0 Å². The van der Waals surface area contributed by atoms with Crippen molar-refractivity contribution in [2.45, 2.75) is 0 Å². The highest BCUT2D eigenvalue weighted by Crippen LogP contribution is 2.26. The number of anilines is 2. The number of hydrogen-bond acceptors (Lipinski definition) is 10. The van der Waals surface area contributed by atoms with Crippen LogP contribution in [0.1, 0.15) is 11.1 Å². The second-order valence-corrected chi connectivity index (χ2v) is 7.99. The van der Waals surface area contributed by atoms with E-state index in [1.807, 2.05) is 47.4 Å². The molecule has 4 aromatic carbocycles. The van der Waals surface area contributed by atoms with Crippen LogP contribution in [-0.2, 0) is 0 Å². The van der Waals surface area contributed by atoms with Crippen molar-refractivity contribution in [1.29, 1.82) is 0 Å². The number of nitrogens with one attached hydrogen (secondary N) is 4. The Kier molecular flexibility index (Phi) is 8.53. The lowest BCUT2D eigenvalue weighted by molar-refractivity contribution is 0.223. The molecule has 0 unspecified atom stereocenters. The number of rotatable bonds is 11. The summed E-state index contributed by atoms with van der Waals surface area (Å²) in [5.74, 6) is -0.136. The first-order valence-electron chi connectivity index (χ1n) is 11.5. The topological polar surface area (TPSA) is 147 Å². The Morgan fingerprint density at radius 3 is 1.13 bits per heavy atom. The van der Waals surface area contributed by atoms with Gasteiger partial charge in [0.05, 0.1) is 0 Å². The Labute approximate surface area is 218 Å². The molecule has 0 heterocycles. The van der Waals surface area contributed by atoms with Gasteiger partial charge in [0.2, 0.25) is 11.6 Å². The standard InChI is InChI=1S/C28H24N6O4/c35-31-25(21-7-3-1-4-8-21)27(33-37)29-23-15-11-19(12-16-23)20-13-17-24(18-14-20)30-28(34-38)26(32-36)22-9-5-2-6-10-22/h1-18,29-32,35-36H. The zero-order valence-electron chi connectivity index (χ0n) is 20.0. The first-order valence-corrected chi connectivity index (χ1v) is 11.5. The Balaban J connectivity index is 1.50. The van der Waals surface area contributed by atoms with Gasteiger partial charge in [0, 0.05) is 22.5 Å². The van der Waals surface area contributed by atoms with Crippen LogP contribution in [0.15, 0.2) is 131 Å². The van der Waals surface area contributed by atoms with E-state index in [9.17, 15) is 20.2 Å². The third-order valence-electron chi connectivity index (χ3n) is 5.63. The first kappa shape index (κ1) is 25.8. The predicted octanol–water partition coefficient (Wildman–Crippen LogP) is 6.32. The van der Waals surface area contributed by atoms with Gasteiger partial charge in [-0.3, -0.25) is 21.4 Å². The van der Waals surface area contributed by atoms with E-state index in [1.165, 1.54) is 0 Å². The molecule has 0 aliphatic heterocycles. The van der Waals surface area contributed by atoms with Gasteiger partial charge in [-0.1, -0.05) is 84.9 Å². The molecule has 0 aliphatic rings. The van der Waals surface area contributed by atoms with Gasteiger partial charge in [-0.2, -0.15) is 0 Å². The Bertz CT molecular complexity index is 1330. The van der Waals surface area contributed by atoms with Gasteiger partial charge in [-0.25, -0.2) is 0 Å². The molecule has 0 amide bonds. The quantitative estimate of drug-likeness (QED) is 0.102. The monoisotopic (exact) mass is 508 g/mol. The van der Waals surface area contributed by atoms with E-state index in [0.29, 0.717) is 22.5 Å². The van der Waals surface area contributed by atoms with Gasteiger partial charge in [0.25, 0.3) is 0 Å². The molecule has 0 fully saturated rings. The normalized spacial score (nSPS) is 11.9. The molecule has 38 heavy (non-hydrogen) atoms. The molecule has 0 aliphatic carbocycles. The maximum atomic E-state index is 11.5. The number of benzene rings is 4. The summed E-state index contributed by atoms with van der Waals surface area (Å²) in [5.41, 5.74) is 8.57. The average Bonchev–Trinajstić information content (AvgIpc) is 2.98. The molecular formula is C28H24N6O4. The largest absolute Gasteiger partial charge is 0.336 e. The summed E-state index contributed by atoms with van der Waals surface area (Å²) in [6.45, 7) is 0. The van der Waals surface area contributed by atoms with Gasteiger partial charge in [0.15, 0.2) is 0 Å². The average molecular weight is 509 g/mol. The smallest absolute Gasteiger partial charge is 0.201 e. The van der Waals surface area contributed by atoms with Gasteiger partial charge in [-0.05, 0) is 45.7 Å². The molecule has 0 atom stereocenters. The van der Waals surface area contributed by atoms with Crippen LogP contribution in [0.4, 0.5) is 11.4 Å². The molecule has 0 spiro atoms. The summed E-state index contributed by atoms with van der Waals surface area (Å²) in [6, 6.07) is 32.3. The van der Waals surface area contributed by atoms with Crippen LogP contribution in [0.25, 0.3) is 22.5 Å². The van der Waals surface area contributed by atoms with Crippen LogP contribution < -0.4 is 21.6 Å². The van der Waals surface area contributed by atoms with E-state index in [1.54, 1.807) is 72.8 Å². The van der Waals surface area contributed by atoms with E-state index in [0.717, 1.165) is 11.1 Å². The van der Waals surface area contributed by atoms with Crippen LogP contribution in [0.2, 0.25) is 0 Å². The van der Waals surface area contributed by atoms with E-state index in [4.69, 9.17) is 0 Å². The van der Waals surface area contributed by atoms with Gasteiger partial charge >= 0.3 is 0 Å². The fourth-order valence-electron chi connectivity index (χ4n) is 3.75. The molecule has 190 valence electrons. The lowest BCUT2D eigenvalue weighted by atomic mass is 10.0. The zero-order chi connectivity index (χ0) is 26.7. The van der Waals surface area contributed by atoms with Crippen molar-refractivity contribution in [3.05, 3.63) is 142 Å². The molecule has 6 N–H and O–H groups in total. The molecule has 0 saturated heterocycles. The molecule has 4 aromatic rings. The SMILES string of the molecule is O=NC(Nc1ccc(-c2ccc(NC(N=O)=C(NO)c3ccccc3)cc2)cc1)=C(NO)c1ccccc1. The van der Waals surface area contributed by atoms with Crippen molar-refractivity contribution >= 4 is 22.8 Å². The minimum atomic E-state index is -0.0678. The predicted molar refractivity (Wildman–Crippen MR) is 147 cm³/mol. The maximum absolute atomic E-state index is 11.5. The molecule has 0 bridgehead atoms. The van der Waals surface area contributed by atoms with Crippen LogP contribution in [0, 0.1) is 9.81 Å². The summed E-state index contributed by atoms with van der Waals surface area (Å²) < 4.78 is 0. The molecule has 0 saturated carbocycles. The molecule has 10 heteroatoms. The molecular weight excluding hydrogens is 484 g/mol. The number of hydroxylamine groups is 2. The summed E-state index contributed by atoms with van der Waals surface area (Å²) in [4.78, 5) is 22.9. The second kappa shape index (κ2) is 12.6. The minimum Gasteiger partial charge on any atom is -0.336 e. The summed E-state index contributed by atoms with van der Waals surface area (Å²) in [5, 5.41) is 31.0. The lowest BCUT2D eigenvalue weighted by Crippen LogP contribution is -2.12. The van der Waals surface area contributed by atoms with E-state index >= 15 is 0 Å². The molecule has 4 rings (SSSR count). The van der Waals surface area contributed by atoms with Gasteiger partial charge < -0.3 is 10.6 Å². The molecule has 0 radical (unpaired) electrons. The Morgan fingerprint density at radius 2 is 0.842 bits per heavy atom. The Hall–Kier alpha value is -5.32. The van der Waals surface area contributed by atoms with Crippen LogP contribution in [0.3, 0.4) is 0 Å². The van der Waals surface area contributed by atoms with E-state index in [2.05, 4.69) is 21.0 Å². The lowest BCUT2D eigenvalue weighted by Gasteiger charge is -2.12. The van der Waals surface area contributed by atoms with Crippen molar-refractivity contribution in [2.75, 3.05) is 10.6 Å². The van der Waals surface area contributed by atoms with Crippen LogP contribution >= 0.6 is 0 Å². The zero-order valence-corrected chi connectivity index (χ0v) is 20.0. The summed E-state index contributed by atoms with van der Waals surface area (Å²) >= 11 is 0. The van der Waals surface area contributed by atoms with Crippen LogP contribution in [0.5, 0.6) is 0 Å². The van der Waals surface area contributed by atoms with Crippen molar-refractivity contribution in [3.8, 4) is 11.1 Å². The van der Waals surface area contributed by atoms with Crippen molar-refractivity contribution < 1.29 is 10.4 Å². The number of hydrogen-bond donors (Lipinski definition) is 6. The van der Waals surface area contributed by atoms with Crippen molar-refractivity contribution in [1.82, 2.24) is 11.0 Å². The fraction of sp³-hybridized carbons (Fsp3) is 0. The third-order valence-corrected chi connectivity index (χ3v) is 5.63. The van der Waals surface area contributed by atoms with Gasteiger partial charge in [-0.15, -0.1) is 9.81 Å². The minimum absolute atomic E-state index is 0.0678. The first-order chi connectivity index (χ1) is 18.7. The highest BCUT2D eigenvalue weighted by molar-refractivity contribution is 5.73. The van der Waals surface area contributed by atoms with Crippen molar-refractivity contribution in [3.63, 3.8) is 0 Å². The van der Waals surface area contributed by atoms with Gasteiger partial charge in [0.1, 0.15) is 11.4 Å². The summed E-state index contributed by atoms with van der Waals surface area (Å²) in [7, 11) is 0. The number of nitroso groups, excluding NO2 is 2. The van der Waals surface area contributed by atoms with Crippen molar-refractivity contribution in [2.24, 2.45) is 10.4 Å². The highest BCUT2D eigenvalue weighted by atomic mass is 16.5. The second-order valence-electron chi connectivity index (χ2n) is 7.99. The van der Waals surface area contributed by atoms with Crippen LogP contribution in [-0.4, -0.2) is 10.4 Å².